The van der Waals surface area contributed by atoms with Gasteiger partial charge in [-0.25, -0.2) is 14.8 Å². The van der Waals surface area contributed by atoms with E-state index in [2.05, 4.69) is 32.5 Å². The highest BCUT2D eigenvalue weighted by Gasteiger charge is 2.35. The van der Waals surface area contributed by atoms with Crippen molar-refractivity contribution in [2.75, 3.05) is 10.2 Å². The van der Waals surface area contributed by atoms with Gasteiger partial charge < -0.3 is 20.5 Å². The highest BCUT2D eigenvalue weighted by Crippen LogP contribution is 2.47. The monoisotopic (exact) mass is 548 g/mol. The first kappa shape index (κ1) is 25.7. The number of pyridine rings is 2. The molecule has 0 radical (unpaired) electrons. The smallest absolute Gasteiger partial charge is 0.331 e. The number of thiophene rings is 1. The van der Waals surface area contributed by atoms with Gasteiger partial charge in [0.2, 0.25) is 11.8 Å². The summed E-state index contributed by atoms with van der Waals surface area (Å²) in [7, 11) is 0. The fourth-order valence-electron chi connectivity index (χ4n) is 5.55. The molecule has 4 N–H and O–H groups in total. The number of aryl methyl sites for hydroxylation is 1. The average molecular weight is 549 g/mol. The van der Waals surface area contributed by atoms with Crippen LogP contribution < -0.4 is 25.6 Å². The van der Waals surface area contributed by atoms with Crippen molar-refractivity contribution in [3.8, 4) is 5.88 Å². The minimum atomic E-state index is -1.04. The van der Waals surface area contributed by atoms with Crippen LogP contribution in [0.3, 0.4) is 0 Å². The fourth-order valence-corrected chi connectivity index (χ4v) is 6.62. The zero-order chi connectivity index (χ0) is 27.1. The number of carbonyl (C=O) groups excluding carboxylic acids is 2. The number of hydrogen-bond donors (Lipinski definition) is 4. The van der Waals surface area contributed by atoms with Crippen LogP contribution >= 0.6 is 11.3 Å². The van der Waals surface area contributed by atoms with Gasteiger partial charge in [-0.1, -0.05) is 19.4 Å². The van der Waals surface area contributed by atoms with Crippen LogP contribution in [0, 0.1) is 6.92 Å². The molecule has 2 fully saturated rings. The molecule has 6 rings (SSSR count). The van der Waals surface area contributed by atoms with Crippen molar-refractivity contribution in [2.24, 2.45) is 0 Å². The van der Waals surface area contributed by atoms with Gasteiger partial charge in [0, 0.05) is 24.3 Å². The van der Waals surface area contributed by atoms with E-state index >= 15 is 0 Å². The standard InChI is InChI=1S/C28H32N6O4S/c1-3-21(35)31-17-9-4-5-10-18(17)32-26(36)25-24-23-20(13-14-29-27(23)39-25)34(28(37)33-24)19-11-12-22(30-15(19)2)38-16-7-6-8-16/h3,11-14,16-18,26,32,36H,1,4-10H2,2H3,(H,31,35)(H,33,37)/t17-,18+,26?/m0/s1. The minimum Gasteiger partial charge on any atom is -0.474 e. The van der Waals surface area contributed by atoms with Crippen LogP contribution in [-0.4, -0.2) is 45.2 Å². The summed E-state index contributed by atoms with van der Waals surface area (Å²) in [5, 5.41) is 21.3. The summed E-state index contributed by atoms with van der Waals surface area (Å²) in [6.07, 6.45) is 9.01. The summed E-state index contributed by atoms with van der Waals surface area (Å²) in [6, 6.07) is 4.90. The third-order valence-electron chi connectivity index (χ3n) is 7.79. The molecule has 0 spiro atoms. The largest absolute Gasteiger partial charge is 0.474 e. The Morgan fingerprint density at radius 1 is 1.21 bits per heavy atom. The number of aromatic nitrogens is 2. The molecule has 10 nitrogen and oxygen atoms in total. The van der Waals surface area contributed by atoms with Gasteiger partial charge in [0.25, 0.3) is 0 Å². The highest BCUT2D eigenvalue weighted by molar-refractivity contribution is 7.19. The van der Waals surface area contributed by atoms with E-state index in [-0.39, 0.29) is 30.1 Å². The number of rotatable bonds is 8. The lowest BCUT2D eigenvalue weighted by molar-refractivity contribution is -0.117. The van der Waals surface area contributed by atoms with Crippen LogP contribution in [0.15, 0.2) is 37.1 Å². The first-order valence-electron chi connectivity index (χ1n) is 13.5. The van der Waals surface area contributed by atoms with Gasteiger partial charge in [-0.05, 0) is 57.2 Å². The Labute approximate surface area is 230 Å². The SMILES string of the molecule is C=CC(=O)N[C@H]1CCCC[C@H]1NC(O)c1sc2nccc3c2c1NC(=O)N3c1ccc(OC2CCC2)nc1C. The van der Waals surface area contributed by atoms with E-state index in [9.17, 15) is 14.7 Å². The van der Waals surface area contributed by atoms with Crippen molar-refractivity contribution in [3.63, 3.8) is 0 Å². The van der Waals surface area contributed by atoms with Gasteiger partial charge in [-0.15, -0.1) is 11.3 Å². The van der Waals surface area contributed by atoms with Gasteiger partial charge >= 0.3 is 6.03 Å². The molecule has 3 aromatic heterocycles. The molecule has 2 aliphatic carbocycles. The molecule has 11 heteroatoms. The molecule has 0 bridgehead atoms. The summed E-state index contributed by atoms with van der Waals surface area (Å²) in [5.74, 6) is 0.338. The molecule has 2 saturated carbocycles. The first-order chi connectivity index (χ1) is 18.9. The predicted molar refractivity (Wildman–Crippen MR) is 150 cm³/mol. The van der Waals surface area contributed by atoms with Crippen molar-refractivity contribution in [3.05, 3.63) is 47.6 Å². The van der Waals surface area contributed by atoms with E-state index in [0.717, 1.165) is 43.9 Å². The maximum atomic E-state index is 13.5. The molecule has 3 aromatic rings. The van der Waals surface area contributed by atoms with Crippen molar-refractivity contribution in [2.45, 2.75) is 76.3 Å². The van der Waals surface area contributed by atoms with Crippen LogP contribution in [0.1, 0.15) is 61.7 Å². The zero-order valence-corrected chi connectivity index (χ0v) is 22.6. The Bertz CT molecular complexity index is 1440. The molecule has 4 heterocycles. The molecular weight excluding hydrogens is 516 g/mol. The van der Waals surface area contributed by atoms with E-state index in [4.69, 9.17) is 4.74 Å². The quantitative estimate of drug-likeness (QED) is 0.235. The molecular formula is C28H32N6O4S. The Morgan fingerprint density at radius 3 is 2.72 bits per heavy atom. The highest BCUT2D eigenvalue weighted by atomic mass is 32.1. The lowest BCUT2D eigenvalue weighted by Crippen LogP contribution is -2.52. The van der Waals surface area contributed by atoms with Gasteiger partial charge in [0.15, 0.2) is 0 Å². The van der Waals surface area contributed by atoms with Crippen molar-refractivity contribution >= 4 is 50.6 Å². The number of anilines is 3. The molecule has 39 heavy (non-hydrogen) atoms. The molecule has 1 aliphatic heterocycles. The normalized spacial score (nSPS) is 21.7. The number of ether oxygens (including phenoxy) is 1. The molecule has 0 saturated heterocycles. The molecule has 0 aromatic carbocycles. The Morgan fingerprint density at radius 2 is 2.00 bits per heavy atom. The van der Waals surface area contributed by atoms with E-state index < -0.39 is 6.23 Å². The summed E-state index contributed by atoms with van der Waals surface area (Å²) >= 11 is 1.34. The summed E-state index contributed by atoms with van der Waals surface area (Å²) in [5.41, 5.74) is 2.57. The van der Waals surface area contributed by atoms with Crippen molar-refractivity contribution < 1.29 is 19.4 Å². The maximum Gasteiger partial charge on any atom is 0.331 e. The summed E-state index contributed by atoms with van der Waals surface area (Å²) in [4.78, 5) is 37.5. The molecule has 204 valence electrons. The minimum absolute atomic E-state index is 0.116. The van der Waals surface area contributed by atoms with Gasteiger partial charge in [-0.3, -0.25) is 15.0 Å². The topological polar surface area (TPSA) is 129 Å². The van der Waals surface area contributed by atoms with Crippen LogP contribution in [0.2, 0.25) is 0 Å². The molecule has 3 aliphatic rings. The van der Waals surface area contributed by atoms with Gasteiger partial charge in [0.05, 0.1) is 33.0 Å². The van der Waals surface area contributed by atoms with Crippen molar-refractivity contribution in [1.29, 1.82) is 0 Å². The second-order valence-corrected chi connectivity index (χ2v) is 11.4. The van der Waals surface area contributed by atoms with E-state index in [0.29, 0.717) is 38.3 Å². The lowest BCUT2D eigenvalue weighted by Gasteiger charge is -2.34. The van der Waals surface area contributed by atoms with Crippen LogP contribution in [0.4, 0.5) is 21.9 Å². The number of nitrogens with one attached hydrogen (secondary N) is 3. The number of nitrogens with zero attached hydrogens (tertiary/aromatic N) is 3. The van der Waals surface area contributed by atoms with Gasteiger partial charge in [0.1, 0.15) is 17.2 Å². The molecule has 3 atom stereocenters. The zero-order valence-electron chi connectivity index (χ0n) is 21.8. The van der Waals surface area contributed by atoms with E-state index in [1.54, 1.807) is 23.2 Å². The Hall–Kier alpha value is -3.54. The summed E-state index contributed by atoms with van der Waals surface area (Å²) in [6.45, 7) is 5.41. The van der Waals surface area contributed by atoms with Crippen LogP contribution in [0.5, 0.6) is 5.88 Å². The van der Waals surface area contributed by atoms with Crippen LogP contribution in [-0.2, 0) is 4.79 Å². The number of aliphatic hydroxyl groups is 1. The average Bonchev–Trinajstić information content (AvgIpc) is 3.27. The molecule has 3 amide bonds. The Kier molecular flexibility index (Phi) is 6.96. The second-order valence-electron chi connectivity index (χ2n) is 10.3. The van der Waals surface area contributed by atoms with Crippen LogP contribution in [0.25, 0.3) is 10.2 Å². The number of amides is 3. The van der Waals surface area contributed by atoms with Gasteiger partial charge in [-0.2, -0.15) is 0 Å². The summed E-state index contributed by atoms with van der Waals surface area (Å²) < 4.78 is 5.94. The number of carbonyl (C=O) groups is 2. The van der Waals surface area contributed by atoms with Crippen molar-refractivity contribution in [1.82, 2.24) is 20.6 Å². The number of hydrogen-bond acceptors (Lipinski definition) is 8. The number of aliphatic hydroxyl groups excluding tert-OH is 1. The fraction of sp³-hybridized carbons (Fsp3) is 0.429. The lowest BCUT2D eigenvalue weighted by atomic mass is 9.90. The maximum absolute atomic E-state index is 13.5. The third-order valence-corrected chi connectivity index (χ3v) is 8.94. The Balaban J connectivity index is 1.29. The van der Waals surface area contributed by atoms with E-state index in [1.807, 2.05) is 13.0 Å². The predicted octanol–water partition coefficient (Wildman–Crippen LogP) is 4.81. The number of urea groups is 1. The molecule has 1 unspecified atom stereocenters. The second kappa shape index (κ2) is 10.6. The third kappa shape index (κ3) is 4.86. The first-order valence-corrected chi connectivity index (χ1v) is 14.3. The van der Waals surface area contributed by atoms with E-state index in [1.165, 1.54) is 23.8 Å².